The molecule has 3 nitrogen and oxygen atoms in total. The number of hydrogen-bond acceptors (Lipinski definition) is 2. The van der Waals surface area contributed by atoms with E-state index in [2.05, 4.69) is 5.32 Å². The van der Waals surface area contributed by atoms with Crippen LogP contribution in [0.2, 0.25) is 0 Å². The lowest BCUT2D eigenvalue weighted by atomic mass is 10.2. The van der Waals surface area contributed by atoms with Gasteiger partial charge in [0.05, 0.1) is 5.56 Å². The molecule has 92 valence electrons. The van der Waals surface area contributed by atoms with Gasteiger partial charge >= 0.3 is 12.1 Å². The Morgan fingerprint density at radius 3 is 2.59 bits per heavy atom. The van der Waals surface area contributed by atoms with Gasteiger partial charge in [0.15, 0.2) is 0 Å². The first-order valence-corrected chi connectivity index (χ1v) is 4.64. The number of anilines is 1. The Bertz CT molecular complexity index is 452. The Morgan fingerprint density at radius 1 is 1.41 bits per heavy atom. The molecular weight excluding hydrogens is 235 g/mol. The summed E-state index contributed by atoms with van der Waals surface area (Å²) in [5.74, 6) is -1.16. The third-order valence-electron chi connectivity index (χ3n) is 1.87. The van der Waals surface area contributed by atoms with E-state index < -0.39 is 17.7 Å². The monoisotopic (exact) mass is 245 g/mol. The van der Waals surface area contributed by atoms with E-state index >= 15 is 0 Å². The molecule has 0 unspecified atom stereocenters. The Balaban J connectivity index is 2.90. The van der Waals surface area contributed by atoms with Crippen LogP contribution in [0.1, 0.15) is 12.5 Å². The number of aliphatic carboxylic acids is 1. The second-order valence-electron chi connectivity index (χ2n) is 3.37. The number of nitrogens with one attached hydrogen (secondary N) is 1. The fourth-order valence-corrected chi connectivity index (χ4v) is 1.22. The lowest BCUT2D eigenvalue weighted by Gasteiger charge is -2.10. The summed E-state index contributed by atoms with van der Waals surface area (Å²) in [6, 6.07) is 4.54. The van der Waals surface area contributed by atoms with Gasteiger partial charge in [0.2, 0.25) is 0 Å². The zero-order valence-electron chi connectivity index (χ0n) is 8.88. The highest BCUT2D eigenvalue weighted by molar-refractivity contribution is 5.81. The maximum atomic E-state index is 12.4. The molecule has 0 aromatic heterocycles. The predicted octanol–water partition coefficient (Wildman–Crippen LogP) is 3.11. The zero-order valence-corrected chi connectivity index (χ0v) is 8.88. The van der Waals surface area contributed by atoms with E-state index in [0.717, 1.165) is 18.2 Å². The van der Waals surface area contributed by atoms with Crippen LogP contribution in [0, 0.1) is 0 Å². The number of carboxylic acids is 1. The van der Waals surface area contributed by atoms with Crippen molar-refractivity contribution in [3.8, 4) is 0 Å². The van der Waals surface area contributed by atoms with Gasteiger partial charge in [-0.3, -0.25) is 0 Å². The molecule has 6 heteroatoms. The van der Waals surface area contributed by atoms with Gasteiger partial charge in [-0.25, -0.2) is 4.79 Å². The lowest BCUT2D eigenvalue weighted by molar-refractivity contribution is -0.137. The molecule has 0 amide bonds. The van der Waals surface area contributed by atoms with Crippen LogP contribution in [-0.2, 0) is 11.0 Å². The molecule has 0 spiro atoms. The number of carbonyl (C=O) groups is 1. The van der Waals surface area contributed by atoms with Gasteiger partial charge in [-0.15, -0.1) is 0 Å². The van der Waals surface area contributed by atoms with Crippen LogP contribution in [0.5, 0.6) is 0 Å². The van der Waals surface area contributed by atoms with Gasteiger partial charge in [-0.1, -0.05) is 6.07 Å². The van der Waals surface area contributed by atoms with Crippen LogP contribution in [0.15, 0.2) is 36.0 Å². The van der Waals surface area contributed by atoms with Gasteiger partial charge in [-0.2, -0.15) is 13.2 Å². The first kappa shape index (κ1) is 13.1. The molecular formula is C11H10F3NO2. The third-order valence-corrected chi connectivity index (χ3v) is 1.87. The minimum Gasteiger partial charge on any atom is -0.478 e. The van der Waals surface area contributed by atoms with Crippen LogP contribution in [-0.4, -0.2) is 11.1 Å². The Kier molecular flexibility index (Phi) is 3.77. The van der Waals surface area contributed by atoms with Gasteiger partial charge in [0, 0.05) is 17.5 Å². The second kappa shape index (κ2) is 4.90. The van der Waals surface area contributed by atoms with Gasteiger partial charge < -0.3 is 10.4 Å². The highest BCUT2D eigenvalue weighted by Crippen LogP contribution is 2.30. The van der Waals surface area contributed by atoms with E-state index in [1.54, 1.807) is 0 Å². The van der Waals surface area contributed by atoms with Crippen molar-refractivity contribution in [2.24, 2.45) is 0 Å². The number of hydrogen-bond donors (Lipinski definition) is 2. The molecule has 0 radical (unpaired) electrons. The van der Waals surface area contributed by atoms with Crippen molar-refractivity contribution in [1.82, 2.24) is 0 Å². The maximum absolute atomic E-state index is 12.4. The summed E-state index contributed by atoms with van der Waals surface area (Å²) >= 11 is 0. The molecule has 1 aromatic rings. The molecule has 0 aliphatic heterocycles. The maximum Gasteiger partial charge on any atom is 0.416 e. The average molecular weight is 245 g/mol. The number of benzene rings is 1. The van der Waals surface area contributed by atoms with Crippen molar-refractivity contribution in [1.29, 1.82) is 0 Å². The first-order valence-electron chi connectivity index (χ1n) is 4.64. The van der Waals surface area contributed by atoms with Crippen molar-refractivity contribution in [2.75, 3.05) is 5.32 Å². The molecule has 0 fully saturated rings. The summed E-state index contributed by atoms with van der Waals surface area (Å²) in [5.41, 5.74) is -0.350. The third kappa shape index (κ3) is 4.18. The summed E-state index contributed by atoms with van der Waals surface area (Å²) in [7, 11) is 0. The van der Waals surface area contributed by atoms with Gasteiger partial charge in [-0.05, 0) is 25.1 Å². The van der Waals surface area contributed by atoms with Gasteiger partial charge in [0.25, 0.3) is 0 Å². The standard InChI is InChI=1S/C11H10F3NO2/c1-7(5-10(16)17)15-9-4-2-3-8(6-9)11(12,13)14/h2-6,15H,1H3,(H,16,17)/b7-5-. The number of alkyl halides is 3. The van der Waals surface area contributed by atoms with Crippen LogP contribution in [0.4, 0.5) is 18.9 Å². The van der Waals surface area contributed by atoms with Crippen molar-refractivity contribution in [2.45, 2.75) is 13.1 Å². The van der Waals surface area contributed by atoms with E-state index in [1.807, 2.05) is 0 Å². The van der Waals surface area contributed by atoms with E-state index in [4.69, 9.17) is 5.11 Å². The number of carboxylic acid groups (broad SMARTS) is 1. The fraction of sp³-hybridized carbons (Fsp3) is 0.182. The number of halogens is 3. The van der Waals surface area contributed by atoms with Crippen LogP contribution in [0.25, 0.3) is 0 Å². The minimum atomic E-state index is -4.41. The largest absolute Gasteiger partial charge is 0.478 e. The first-order chi connectivity index (χ1) is 7.79. The van der Waals surface area contributed by atoms with Crippen LogP contribution < -0.4 is 5.32 Å². The molecule has 2 N–H and O–H groups in total. The smallest absolute Gasteiger partial charge is 0.416 e. The summed E-state index contributed by atoms with van der Waals surface area (Å²) < 4.78 is 37.1. The molecule has 0 bridgehead atoms. The molecule has 0 saturated heterocycles. The molecule has 1 aromatic carbocycles. The Morgan fingerprint density at radius 2 is 2.06 bits per heavy atom. The van der Waals surface area contributed by atoms with Crippen molar-refractivity contribution in [3.63, 3.8) is 0 Å². The molecule has 0 aliphatic rings. The quantitative estimate of drug-likeness (QED) is 0.804. The highest BCUT2D eigenvalue weighted by Gasteiger charge is 2.30. The summed E-state index contributed by atoms with van der Waals surface area (Å²) in [4.78, 5) is 10.3. The van der Waals surface area contributed by atoms with Crippen LogP contribution in [0.3, 0.4) is 0 Å². The normalized spacial score (nSPS) is 12.4. The van der Waals surface area contributed by atoms with E-state index in [9.17, 15) is 18.0 Å². The highest BCUT2D eigenvalue weighted by atomic mass is 19.4. The number of allylic oxidation sites excluding steroid dienone is 1. The lowest BCUT2D eigenvalue weighted by Crippen LogP contribution is -2.06. The SMILES string of the molecule is C/C(=C/C(=O)O)Nc1cccc(C(F)(F)F)c1. The summed E-state index contributed by atoms with van der Waals surface area (Å²) in [6.45, 7) is 1.45. The Hall–Kier alpha value is -1.98. The van der Waals surface area contributed by atoms with Crippen molar-refractivity contribution < 1.29 is 23.1 Å². The molecule has 0 aliphatic carbocycles. The van der Waals surface area contributed by atoms with Crippen molar-refractivity contribution in [3.05, 3.63) is 41.6 Å². The molecule has 0 atom stereocenters. The molecule has 0 heterocycles. The predicted molar refractivity (Wildman–Crippen MR) is 56.5 cm³/mol. The Labute approximate surface area is 95.6 Å². The van der Waals surface area contributed by atoms with Crippen LogP contribution >= 0.6 is 0 Å². The minimum absolute atomic E-state index is 0.190. The van der Waals surface area contributed by atoms with Crippen molar-refractivity contribution >= 4 is 11.7 Å². The fourth-order valence-electron chi connectivity index (χ4n) is 1.22. The molecule has 1 rings (SSSR count). The molecule has 0 saturated carbocycles. The van der Waals surface area contributed by atoms with E-state index in [0.29, 0.717) is 0 Å². The summed E-state index contributed by atoms with van der Waals surface area (Å²) in [6.07, 6.45) is -3.54. The summed E-state index contributed by atoms with van der Waals surface area (Å²) in [5, 5.41) is 11.0. The van der Waals surface area contributed by atoms with E-state index in [-0.39, 0.29) is 11.4 Å². The average Bonchev–Trinajstić information content (AvgIpc) is 2.15. The number of rotatable bonds is 3. The second-order valence-corrected chi connectivity index (χ2v) is 3.37. The van der Waals surface area contributed by atoms with E-state index in [1.165, 1.54) is 19.1 Å². The molecule has 17 heavy (non-hydrogen) atoms. The topological polar surface area (TPSA) is 49.3 Å². The van der Waals surface area contributed by atoms with Gasteiger partial charge in [0.1, 0.15) is 0 Å². The zero-order chi connectivity index (χ0) is 13.1.